The van der Waals surface area contributed by atoms with E-state index in [1.54, 1.807) is 0 Å². The van der Waals surface area contributed by atoms with Crippen LogP contribution in [0.15, 0.2) is 0 Å². The molecule has 0 aromatic heterocycles. The minimum absolute atomic E-state index is 0.396. The third-order valence-electron chi connectivity index (χ3n) is 1.80. The highest BCUT2D eigenvalue weighted by atomic mass is 127. The summed E-state index contributed by atoms with van der Waals surface area (Å²) in [6.07, 6.45) is 3.87. The summed E-state index contributed by atoms with van der Waals surface area (Å²) >= 11 is 2.43. The first-order valence-corrected chi connectivity index (χ1v) is 4.34. The Morgan fingerprint density at radius 3 is 2.50 bits per heavy atom. The molecule has 0 saturated heterocycles. The van der Waals surface area contributed by atoms with Crippen LogP contribution in [0.4, 0.5) is 0 Å². The van der Waals surface area contributed by atoms with Crippen LogP contribution in [0.2, 0.25) is 0 Å². The van der Waals surface area contributed by atoms with E-state index in [9.17, 15) is 0 Å². The highest BCUT2D eigenvalue weighted by molar-refractivity contribution is 14.1. The number of alkyl halides is 1. The van der Waals surface area contributed by atoms with Crippen LogP contribution in [0, 0.1) is 5.92 Å². The lowest BCUT2D eigenvalue weighted by molar-refractivity contribution is 0.235. The van der Waals surface area contributed by atoms with Crippen LogP contribution >= 0.6 is 22.6 Å². The van der Waals surface area contributed by atoms with Crippen molar-refractivity contribution in [2.45, 2.75) is 23.2 Å². The molecule has 0 aromatic rings. The van der Waals surface area contributed by atoms with Gasteiger partial charge in [-0.05, 0) is 18.8 Å². The van der Waals surface area contributed by atoms with Crippen molar-refractivity contribution in [2.75, 3.05) is 6.61 Å². The number of halogens is 1. The van der Waals surface area contributed by atoms with Gasteiger partial charge in [0.1, 0.15) is 0 Å². The van der Waals surface area contributed by atoms with Crippen molar-refractivity contribution in [2.24, 2.45) is 5.92 Å². The topological polar surface area (TPSA) is 20.2 Å². The quantitative estimate of drug-likeness (QED) is 0.531. The second kappa shape index (κ2) is 3.01. The monoisotopic (exact) mass is 226 g/mol. The second-order valence-electron chi connectivity index (χ2n) is 2.39. The van der Waals surface area contributed by atoms with E-state index in [1.165, 1.54) is 19.3 Å². The van der Waals surface area contributed by atoms with Crippen molar-refractivity contribution < 1.29 is 5.11 Å². The van der Waals surface area contributed by atoms with E-state index in [2.05, 4.69) is 22.6 Å². The molecule has 1 saturated carbocycles. The first-order chi connectivity index (χ1) is 3.84. The largest absolute Gasteiger partial charge is 0.396 e. The molecule has 0 radical (unpaired) electrons. The summed E-state index contributed by atoms with van der Waals surface area (Å²) in [4.78, 5) is 0. The standard InChI is InChI=1S/C6H11IO/c7-6-3-1-2-5(6)4-8/h5-6,8H,1-4H2/t5-,6+/m0/s1. The molecule has 0 amide bonds. The minimum Gasteiger partial charge on any atom is -0.396 e. The molecule has 1 fully saturated rings. The van der Waals surface area contributed by atoms with Gasteiger partial charge in [0.05, 0.1) is 0 Å². The van der Waals surface area contributed by atoms with Crippen LogP contribution in [-0.4, -0.2) is 15.6 Å². The summed E-state index contributed by atoms with van der Waals surface area (Å²) in [5.41, 5.74) is 0. The van der Waals surface area contributed by atoms with Crippen molar-refractivity contribution in [3.8, 4) is 0 Å². The Morgan fingerprint density at radius 1 is 1.50 bits per heavy atom. The highest BCUT2D eigenvalue weighted by Gasteiger charge is 2.23. The lowest BCUT2D eigenvalue weighted by Crippen LogP contribution is -2.10. The van der Waals surface area contributed by atoms with Gasteiger partial charge in [-0.25, -0.2) is 0 Å². The number of hydrogen-bond donors (Lipinski definition) is 1. The van der Waals surface area contributed by atoms with Crippen LogP contribution in [0.1, 0.15) is 19.3 Å². The minimum atomic E-state index is 0.396. The Morgan fingerprint density at radius 2 is 2.25 bits per heavy atom. The van der Waals surface area contributed by atoms with Crippen LogP contribution in [0.5, 0.6) is 0 Å². The summed E-state index contributed by atoms with van der Waals surface area (Å²) < 4.78 is 0.748. The second-order valence-corrected chi connectivity index (χ2v) is 3.99. The Balaban J connectivity index is 2.30. The van der Waals surface area contributed by atoms with Crippen LogP contribution in [-0.2, 0) is 0 Å². The van der Waals surface area contributed by atoms with Gasteiger partial charge in [-0.2, -0.15) is 0 Å². The zero-order chi connectivity index (χ0) is 5.98. The molecule has 0 bridgehead atoms. The number of rotatable bonds is 1. The van der Waals surface area contributed by atoms with E-state index in [0.717, 1.165) is 3.92 Å². The van der Waals surface area contributed by atoms with E-state index in [1.807, 2.05) is 0 Å². The molecule has 0 heterocycles. The van der Waals surface area contributed by atoms with E-state index < -0.39 is 0 Å². The van der Waals surface area contributed by atoms with Gasteiger partial charge in [-0.3, -0.25) is 0 Å². The summed E-state index contributed by atoms with van der Waals surface area (Å²) in [6, 6.07) is 0. The van der Waals surface area contributed by atoms with E-state index in [-0.39, 0.29) is 0 Å². The number of hydrogen-bond acceptors (Lipinski definition) is 1. The van der Waals surface area contributed by atoms with E-state index in [4.69, 9.17) is 5.11 Å². The van der Waals surface area contributed by atoms with E-state index in [0.29, 0.717) is 12.5 Å². The van der Waals surface area contributed by atoms with Crippen LogP contribution in [0.25, 0.3) is 0 Å². The molecule has 0 aromatic carbocycles. The molecule has 1 rings (SSSR count). The Kier molecular flexibility index (Phi) is 2.56. The molecule has 8 heavy (non-hydrogen) atoms. The molecule has 2 heteroatoms. The molecule has 0 unspecified atom stereocenters. The fraction of sp³-hybridized carbons (Fsp3) is 1.00. The summed E-state index contributed by atoms with van der Waals surface area (Å²) in [5.74, 6) is 0.607. The van der Waals surface area contributed by atoms with E-state index >= 15 is 0 Å². The van der Waals surface area contributed by atoms with Gasteiger partial charge < -0.3 is 5.11 Å². The van der Waals surface area contributed by atoms with Gasteiger partial charge in [0.15, 0.2) is 0 Å². The van der Waals surface area contributed by atoms with Crippen molar-refractivity contribution in [3.63, 3.8) is 0 Å². The fourth-order valence-electron chi connectivity index (χ4n) is 1.20. The summed E-state index contributed by atoms with van der Waals surface area (Å²) in [7, 11) is 0. The third-order valence-corrected chi connectivity index (χ3v) is 3.44. The molecule has 1 N–H and O–H groups in total. The van der Waals surface area contributed by atoms with Crippen molar-refractivity contribution in [3.05, 3.63) is 0 Å². The maximum absolute atomic E-state index is 8.73. The number of aliphatic hydroxyl groups is 1. The summed E-state index contributed by atoms with van der Waals surface area (Å²) in [5, 5.41) is 8.73. The predicted octanol–water partition coefficient (Wildman–Crippen LogP) is 1.58. The maximum Gasteiger partial charge on any atom is 0.0469 e. The zero-order valence-corrected chi connectivity index (χ0v) is 6.97. The normalized spacial score (nSPS) is 38.2. The van der Waals surface area contributed by atoms with Gasteiger partial charge in [0.25, 0.3) is 0 Å². The molecule has 48 valence electrons. The van der Waals surface area contributed by atoms with Crippen molar-refractivity contribution >= 4 is 22.6 Å². The lowest BCUT2D eigenvalue weighted by Gasteiger charge is -2.07. The first-order valence-electron chi connectivity index (χ1n) is 3.09. The third kappa shape index (κ3) is 1.35. The van der Waals surface area contributed by atoms with Gasteiger partial charge >= 0.3 is 0 Å². The Bertz CT molecular complexity index is 74.9. The molecule has 1 nitrogen and oxygen atoms in total. The van der Waals surface area contributed by atoms with Crippen molar-refractivity contribution in [1.82, 2.24) is 0 Å². The van der Waals surface area contributed by atoms with Gasteiger partial charge in [0.2, 0.25) is 0 Å². The Labute approximate surface area is 63.6 Å². The lowest BCUT2D eigenvalue weighted by atomic mass is 10.1. The smallest absolute Gasteiger partial charge is 0.0469 e. The average Bonchev–Trinajstić information content (AvgIpc) is 2.14. The Hall–Kier alpha value is 0.690. The van der Waals surface area contributed by atoms with Crippen molar-refractivity contribution in [1.29, 1.82) is 0 Å². The number of aliphatic hydroxyl groups excluding tert-OH is 1. The van der Waals surface area contributed by atoms with Gasteiger partial charge in [-0.1, -0.05) is 29.0 Å². The molecule has 0 aliphatic heterocycles. The molecular formula is C6H11IO. The fourth-order valence-corrected chi connectivity index (χ4v) is 2.22. The molecule has 1 aliphatic carbocycles. The zero-order valence-electron chi connectivity index (χ0n) is 4.81. The van der Waals surface area contributed by atoms with Gasteiger partial charge in [0, 0.05) is 10.5 Å². The maximum atomic E-state index is 8.73. The van der Waals surface area contributed by atoms with Crippen LogP contribution in [0.3, 0.4) is 0 Å². The SMILES string of the molecule is OC[C@@H]1CCC[C@H]1I. The van der Waals surface area contributed by atoms with Crippen LogP contribution < -0.4 is 0 Å². The average molecular weight is 226 g/mol. The highest BCUT2D eigenvalue weighted by Crippen LogP contribution is 2.30. The summed E-state index contributed by atoms with van der Waals surface area (Å²) in [6.45, 7) is 0.396. The molecule has 2 atom stereocenters. The molecular weight excluding hydrogens is 215 g/mol. The first kappa shape index (κ1) is 6.81. The molecule has 0 spiro atoms. The predicted molar refractivity (Wildman–Crippen MR) is 42.2 cm³/mol. The molecule has 1 aliphatic rings. The van der Waals surface area contributed by atoms with Gasteiger partial charge in [-0.15, -0.1) is 0 Å².